The first-order chi connectivity index (χ1) is 16.0. The van der Waals surface area contributed by atoms with Gasteiger partial charge in [0.2, 0.25) is 5.75 Å². The zero-order valence-electron chi connectivity index (χ0n) is 18.3. The second kappa shape index (κ2) is 11.5. The number of hydrazone groups is 1. The van der Waals surface area contributed by atoms with Crippen LogP contribution in [-0.2, 0) is 4.79 Å². The second-order valence-electron chi connectivity index (χ2n) is 6.55. The third kappa shape index (κ3) is 6.20. The number of ether oxygens (including phenoxy) is 3. The third-order valence-corrected chi connectivity index (χ3v) is 5.24. The van der Waals surface area contributed by atoms with Crippen LogP contribution in [0.15, 0.2) is 70.8 Å². The Morgan fingerprint density at radius 3 is 2.21 bits per heavy atom. The van der Waals surface area contributed by atoms with Crippen molar-refractivity contribution in [3.8, 4) is 17.2 Å². The van der Waals surface area contributed by atoms with Gasteiger partial charge >= 0.3 is 0 Å². The number of rotatable bonds is 9. The van der Waals surface area contributed by atoms with E-state index in [0.717, 1.165) is 4.88 Å². The smallest absolute Gasteiger partial charge is 0.287 e. The number of carbonyl (C=O) groups excluding carboxylic acids is 2. The molecule has 2 amide bonds. The predicted octanol–water partition coefficient (Wildman–Crippen LogP) is 3.70. The summed E-state index contributed by atoms with van der Waals surface area (Å²) in [5.74, 6) is 0.389. The summed E-state index contributed by atoms with van der Waals surface area (Å²) in [5, 5.41) is 8.55. The molecule has 3 rings (SSSR count). The van der Waals surface area contributed by atoms with E-state index in [4.69, 9.17) is 14.2 Å². The van der Waals surface area contributed by atoms with Crippen molar-refractivity contribution in [2.75, 3.05) is 21.3 Å². The summed E-state index contributed by atoms with van der Waals surface area (Å²) in [4.78, 5) is 26.2. The zero-order valence-corrected chi connectivity index (χ0v) is 19.1. The average molecular weight is 466 g/mol. The van der Waals surface area contributed by atoms with E-state index >= 15 is 0 Å². The molecule has 1 heterocycles. The molecule has 8 nitrogen and oxygen atoms in total. The molecule has 0 aliphatic rings. The van der Waals surface area contributed by atoms with Gasteiger partial charge in [0.1, 0.15) is 5.70 Å². The standard InChI is InChI=1S/C24H23N3O5S/c1-30-20-12-16(13-21(31-2)22(20)32-3)15-25-27-24(29)19(14-18-10-7-11-33-18)26-23(28)17-8-5-4-6-9-17/h4-15H,1-3H3,(H,26,28)(H,27,29)/b19-14-,25-15+. The number of nitrogens with one attached hydrogen (secondary N) is 2. The Morgan fingerprint density at radius 1 is 0.939 bits per heavy atom. The molecule has 1 aromatic heterocycles. The predicted molar refractivity (Wildman–Crippen MR) is 128 cm³/mol. The molecule has 0 saturated heterocycles. The fourth-order valence-corrected chi connectivity index (χ4v) is 3.52. The quantitative estimate of drug-likeness (QED) is 0.285. The van der Waals surface area contributed by atoms with E-state index in [1.807, 2.05) is 23.6 Å². The van der Waals surface area contributed by atoms with Gasteiger partial charge in [-0.05, 0) is 41.8 Å². The van der Waals surface area contributed by atoms with Gasteiger partial charge in [0.25, 0.3) is 11.8 Å². The molecule has 0 aliphatic carbocycles. The van der Waals surface area contributed by atoms with Crippen LogP contribution in [0.3, 0.4) is 0 Å². The van der Waals surface area contributed by atoms with Crippen molar-refractivity contribution in [3.05, 3.63) is 81.7 Å². The molecule has 2 aromatic carbocycles. The molecule has 33 heavy (non-hydrogen) atoms. The van der Waals surface area contributed by atoms with E-state index in [1.54, 1.807) is 42.5 Å². The van der Waals surface area contributed by atoms with Gasteiger partial charge in [0, 0.05) is 16.0 Å². The fraction of sp³-hybridized carbons (Fsp3) is 0.125. The minimum atomic E-state index is -0.573. The van der Waals surface area contributed by atoms with E-state index in [2.05, 4.69) is 15.8 Å². The Bertz CT molecular complexity index is 1130. The minimum Gasteiger partial charge on any atom is -0.493 e. The van der Waals surface area contributed by atoms with Gasteiger partial charge in [-0.15, -0.1) is 11.3 Å². The first-order valence-electron chi connectivity index (χ1n) is 9.80. The summed E-state index contributed by atoms with van der Waals surface area (Å²) >= 11 is 1.44. The molecule has 9 heteroatoms. The summed E-state index contributed by atoms with van der Waals surface area (Å²) in [6.45, 7) is 0. The highest BCUT2D eigenvalue weighted by molar-refractivity contribution is 7.10. The number of hydrogen-bond donors (Lipinski definition) is 2. The van der Waals surface area contributed by atoms with Crippen LogP contribution in [0.1, 0.15) is 20.8 Å². The number of methoxy groups -OCH3 is 3. The lowest BCUT2D eigenvalue weighted by molar-refractivity contribution is -0.117. The molecule has 0 radical (unpaired) electrons. The Balaban J connectivity index is 1.78. The molecule has 0 atom stereocenters. The van der Waals surface area contributed by atoms with Gasteiger partial charge < -0.3 is 19.5 Å². The van der Waals surface area contributed by atoms with Crippen LogP contribution in [0.25, 0.3) is 6.08 Å². The highest BCUT2D eigenvalue weighted by Gasteiger charge is 2.15. The molecule has 0 fully saturated rings. The van der Waals surface area contributed by atoms with Gasteiger partial charge in [-0.2, -0.15) is 5.10 Å². The van der Waals surface area contributed by atoms with Gasteiger partial charge in [-0.25, -0.2) is 5.43 Å². The topological polar surface area (TPSA) is 98.2 Å². The molecule has 0 spiro atoms. The van der Waals surface area contributed by atoms with Crippen LogP contribution < -0.4 is 25.0 Å². The van der Waals surface area contributed by atoms with E-state index in [-0.39, 0.29) is 5.70 Å². The number of hydrogen-bond acceptors (Lipinski definition) is 7. The van der Waals surface area contributed by atoms with Crippen LogP contribution in [-0.4, -0.2) is 39.4 Å². The number of amides is 2. The summed E-state index contributed by atoms with van der Waals surface area (Å²) in [6, 6.07) is 15.7. The van der Waals surface area contributed by atoms with Crippen LogP contribution in [0.4, 0.5) is 0 Å². The maximum Gasteiger partial charge on any atom is 0.287 e. The second-order valence-corrected chi connectivity index (χ2v) is 7.53. The lowest BCUT2D eigenvalue weighted by atomic mass is 10.2. The van der Waals surface area contributed by atoms with E-state index in [9.17, 15) is 9.59 Å². The molecule has 0 unspecified atom stereocenters. The van der Waals surface area contributed by atoms with Crippen LogP contribution in [0.2, 0.25) is 0 Å². The van der Waals surface area contributed by atoms with Gasteiger partial charge in [0.15, 0.2) is 11.5 Å². The summed E-state index contributed by atoms with van der Waals surface area (Å²) in [5.41, 5.74) is 3.55. The molecule has 0 saturated carbocycles. The maximum atomic E-state index is 12.8. The molecule has 170 valence electrons. The fourth-order valence-electron chi connectivity index (χ4n) is 2.86. The first-order valence-corrected chi connectivity index (χ1v) is 10.7. The monoisotopic (exact) mass is 465 g/mol. The van der Waals surface area contributed by atoms with Crippen molar-refractivity contribution >= 4 is 35.4 Å². The Labute approximate surface area is 195 Å². The van der Waals surface area contributed by atoms with Gasteiger partial charge in [-0.1, -0.05) is 24.3 Å². The van der Waals surface area contributed by atoms with E-state index in [0.29, 0.717) is 28.4 Å². The lowest BCUT2D eigenvalue weighted by Crippen LogP contribution is -2.32. The molecule has 2 N–H and O–H groups in total. The molecule has 0 aliphatic heterocycles. The highest BCUT2D eigenvalue weighted by Crippen LogP contribution is 2.37. The lowest BCUT2D eigenvalue weighted by Gasteiger charge is -2.12. The van der Waals surface area contributed by atoms with Gasteiger partial charge in [-0.3, -0.25) is 9.59 Å². The van der Waals surface area contributed by atoms with Gasteiger partial charge in [0.05, 0.1) is 27.5 Å². The van der Waals surface area contributed by atoms with E-state index < -0.39 is 11.8 Å². The largest absolute Gasteiger partial charge is 0.493 e. The summed E-state index contributed by atoms with van der Waals surface area (Å²) < 4.78 is 15.9. The van der Waals surface area contributed by atoms with Crippen LogP contribution in [0, 0.1) is 0 Å². The van der Waals surface area contributed by atoms with Crippen molar-refractivity contribution in [2.45, 2.75) is 0 Å². The highest BCUT2D eigenvalue weighted by atomic mass is 32.1. The van der Waals surface area contributed by atoms with Crippen molar-refractivity contribution in [2.24, 2.45) is 5.10 Å². The first kappa shape index (κ1) is 23.6. The van der Waals surface area contributed by atoms with Crippen molar-refractivity contribution in [1.82, 2.24) is 10.7 Å². The van der Waals surface area contributed by atoms with Crippen molar-refractivity contribution in [1.29, 1.82) is 0 Å². The number of carbonyl (C=O) groups is 2. The average Bonchev–Trinajstić information content (AvgIpc) is 3.36. The molecular formula is C24H23N3O5S. The Hall–Kier alpha value is -4.11. The van der Waals surface area contributed by atoms with Crippen molar-refractivity contribution in [3.63, 3.8) is 0 Å². The number of thiophene rings is 1. The number of benzene rings is 2. The maximum absolute atomic E-state index is 12.8. The summed E-state index contributed by atoms with van der Waals surface area (Å²) in [7, 11) is 4.54. The molecule has 0 bridgehead atoms. The molecular weight excluding hydrogens is 442 g/mol. The van der Waals surface area contributed by atoms with Crippen molar-refractivity contribution < 1.29 is 23.8 Å². The zero-order chi connectivity index (χ0) is 23.6. The normalized spacial score (nSPS) is 11.2. The Morgan fingerprint density at radius 2 is 1.64 bits per heavy atom. The molecule has 3 aromatic rings. The van der Waals surface area contributed by atoms with Crippen LogP contribution >= 0.6 is 11.3 Å². The van der Waals surface area contributed by atoms with Crippen LogP contribution in [0.5, 0.6) is 17.2 Å². The minimum absolute atomic E-state index is 0.0633. The number of nitrogens with zero attached hydrogens (tertiary/aromatic N) is 1. The Kier molecular flexibility index (Phi) is 8.20. The SMILES string of the molecule is COc1cc(/C=N/NC(=O)/C(=C/c2cccs2)NC(=O)c2ccccc2)cc(OC)c1OC. The third-order valence-electron chi connectivity index (χ3n) is 4.43. The summed E-state index contributed by atoms with van der Waals surface area (Å²) in [6.07, 6.45) is 3.03. The van der Waals surface area contributed by atoms with E-state index in [1.165, 1.54) is 38.9 Å².